The van der Waals surface area contributed by atoms with Gasteiger partial charge in [0.05, 0.1) is 32.6 Å². The molecule has 98 valence electrons. The van der Waals surface area contributed by atoms with Crippen LogP contribution in [-0.2, 0) is 0 Å². The van der Waals surface area contributed by atoms with Gasteiger partial charge in [0.15, 0.2) is 5.13 Å². The number of halogens is 2. The molecule has 6 heteroatoms. The molecule has 0 spiro atoms. The van der Waals surface area contributed by atoms with E-state index in [-0.39, 0.29) is 0 Å². The summed E-state index contributed by atoms with van der Waals surface area (Å²) in [5.74, 6) is 0. The van der Waals surface area contributed by atoms with E-state index in [0.717, 1.165) is 25.5 Å². The maximum atomic E-state index is 8.82. The average molecular weight is 365 g/mol. The number of fused-ring (bicyclic) bond motifs is 1. The minimum absolute atomic E-state index is 0.504. The Hall–Kier alpha value is -1.61. The summed E-state index contributed by atoms with van der Waals surface area (Å²) in [5.41, 5.74) is 2.21. The Kier molecular flexibility index (Phi) is 3.62. The van der Waals surface area contributed by atoms with Crippen LogP contribution < -0.4 is 5.32 Å². The maximum absolute atomic E-state index is 8.82. The first kappa shape index (κ1) is 13.4. The number of anilines is 2. The Morgan fingerprint density at radius 3 is 2.85 bits per heavy atom. The van der Waals surface area contributed by atoms with Crippen LogP contribution in [0.1, 0.15) is 5.56 Å². The third-order valence-corrected chi connectivity index (χ3v) is 4.43. The van der Waals surface area contributed by atoms with Crippen molar-refractivity contribution in [3.8, 4) is 6.07 Å². The van der Waals surface area contributed by atoms with E-state index in [1.54, 1.807) is 29.5 Å². The molecule has 3 nitrogen and oxygen atoms in total. The van der Waals surface area contributed by atoms with Crippen LogP contribution in [0, 0.1) is 11.3 Å². The van der Waals surface area contributed by atoms with Gasteiger partial charge in [-0.2, -0.15) is 5.26 Å². The zero-order valence-corrected chi connectivity index (χ0v) is 13.2. The summed E-state index contributed by atoms with van der Waals surface area (Å²) in [4.78, 5) is 4.50. The number of nitrogens with one attached hydrogen (secondary N) is 1. The lowest BCUT2D eigenvalue weighted by atomic mass is 10.2. The summed E-state index contributed by atoms with van der Waals surface area (Å²) in [6.45, 7) is 0. The molecule has 0 fully saturated rings. The molecule has 3 rings (SSSR count). The van der Waals surface area contributed by atoms with Gasteiger partial charge in [-0.1, -0.05) is 38.9 Å². The average Bonchev–Trinajstić information content (AvgIpc) is 2.82. The van der Waals surface area contributed by atoms with Gasteiger partial charge in [0.1, 0.15) is 0 Å². The topological polar surface area (TPSA) is 48.7 Å². The van der Waals surface area contributed by atoms with Crippen molar-refractivity contribution in [1.29, 1.82) is 5.26 Å². The predicted octanol–water partition coefficient (Wildman–Crippen LogP) is 5.33. The lowest BCUT2D eigenvalue weighted by Gasteiger charge is -2.04. The van der Waals surface area contributed by atoms with E-state index >= 15 is 0 Å². The lowest BCUT2D eigenvalue weighted by Crippen LogP contribution is -1.90. The zero-order chi connectivity index (χ0) is 14.1. The first-order valence-corrected chi connectivity index (χ1v) is 7.67. The Bertz CT molecular complexity index is 838. The molecule has 20 heavy (non-hydrogen) atoms. The molecule has 1 N–H and O–H groups in total. The molecule has 0 radical (unpaired) electrons. The fourth-order valence-electron chi connectivity index (χ4n) is 1.75. The Labute approximate surface area is 133 Å². The van der Waals surface area contributed by atoms with Crippen LogP contribution in [-0.4, -0.2) is 4.98 Å². The number of rotatable bonds is 2. The summed E-state index contributed by atoms with van der Waals surface area (Å²) < 4.78 is 2.11. The molecule has 1 heterocycles. The summed E-state index contributed by atoms with van der Waals surface area (Å²) in [7, 11) is 0. The van der Waals surface area contributed by atoms with Crippen molar-refractivity contribution in [2.45, 2.75) is 0 Å². The largest absolute Gasteiger partial charge is 0.330 e. The predicted molar refractivity (Wildman–Crippen MR) is 86.8 cm³/mol. The van der Waals surface area contributed by atoms with E-state index in [1.165, 1.54) is 0 Å². The van der Waals surface area contributed by atoms with Gasteiger partial charge in [0.2, 0.25) is 0 Å². The Balaban J connectivity index is 1.95. The third-order valence-electron chi connectivity index (χ3n) is 2.69. The van der Waals surface area contributed by atoms with Crippen LogP contribution in [0.2, 0.25) is 5.02 Å². The van der Waals surface area contributed by atoms with Gasteiger partial charge in [-0.25, -0.2) is 4.98 Å². The molecular weight excluding hydrogens is 358 g/mol. The maximum Gasteiger partial charge on any atom is 0.188 e. The molecule has 0 amide bonds. The van der Waals surface area contributed by atoms with Crippen LogP contribution in [0.25, 0.3) is 10.2 Å². The molecule has 0 saturated heterocycles. The highest BCUT2D eigenvalue weighted by molar-refractivity contribution is 9.10. The van der Waals surface area contributed by atoms with Crippen molar-refractivity contribution in [2.24, 2.45) is 0 Å². The van der Waals surface area contributed by atoms with Crippen molar-refractivity contribution in [3.05, 3.63) is 51.5 Å². The van der Waals surface area contributed by atoms with Crippen LogP contribution in [0.3, 0.4) is 0 Å². The third kappa shape index (κ3) is 2.63. The molecule has 3 aromatic rings. The van der Waals surface area contributed by atoms with Gasteiger partial charge in [-0.15, -0.1) is 0 Å². The second-order valence-corrected chi connectivity index (χ2v) is 6.42. The summed E-state index contributed by atoms with van der Waals surface area (Å²) in [5, 5.41) is 13.3. The van der Waals surface area contributed by atoms with Crippen LogP contribution >= 0.6 is 38.9 Å². The number of aromatic nitrogens is 1. The van der Waals surface area contributed by atoms with Gasteiger partial charge in [0.25, 0.3) is 0 Å². The van der Waals surface area contributed by atoms with E-state index < -0.39 is 0 Å². The van der Waals surface area contributed by atoms with Gasteiger partial charge in [-0.05, 0) is 36.4 Å². The molecule has 0 aliphatic carbocycles. The molecule has 0 bridgehead atoms. The SMILES string of the molecule is N#Cc1ccc(Nc2nc3ccc(Br)cc3s2)c(Cl)c1. The summed E-state index contributed by atoms with van der Waals surface area (Å²) in [6, 6.07) is 13.1. The molecule has 0 aliphatic rings. The normalized spacial score (nSPS) is 10.4. The lowest BCUT2D eigenvalue weighted by molar-refractivity contribution is 1.43. The highest BCUT2D eigenvalue weighted by Crippen LogP contribution is 2.32. The minimum Gasteiger partial charge on any atom is -0.330 e. The molecule has 2 aromatic carbocycles. The van der Waals surface area contributed by atoms with E-state index in [9.17, 15) is 0 Å². The molecule has 0 saturated carbocycles. The molecular formula is C14H7BrClN3S. The molecule has 1 aromatic heterocycles. The van der Waals surface area contributed by atoms with Crippen molar-refractivity contribution in [2.75, 3.05) is 5.32 Å². The first-order valence-electron chi connectivity index (χ1n) is 5.68. The second kappa shape index (κ2) is 5.41. The van der Waals surface area contributed by atoms with E-state index in [0.29, 0.717) is 10.6 Å². The Morgan fingerprint density at radius 1 is 1.25 bits per heavy atom. The number of hydrogen-bond acceptors (Lipinski definition) is 4. The van der Waals surface area contributed by atoms with Gasteiger partial charge < -0.3 is 5.32 Å². The fraction of sp³-hybridized carbons (Fsp3) is 0. The van der Waals surface area contributed by atoms with Crippen LogP contribution in [0.4, 0.5) is 10.8 Å². The van der Waals surface area contributed by atoms with Crippen molar-refractivity contribution in [1.82, 2.24) is 4.98 Å². The second-order valence-electron chi connectivity index (χ2n) is 4.06. The van der Waals surface area contributed by atoms with Crippen molar-refractivity contribution in [3.63, 3.8) is 0 Å². The first-order chi connectivity index (χ1) is 9.65. The van der Waals surface area contributed by atoms with E-state index in [2.05, 4.69) is 32.3 Å². The van der Waals surface area contributed by atoms with E-state index in [1.807, 2.05) is 18.2 Å². The molecule has 0 atom stereocenters. The van der Waals surface area contributed by atoms with Gasteiger partial charge in [0, 0.05) is 4.47 Å². The van der Waals surface area contributed by atoms with E-state index in [4.69, 9.17) is 16.9 Å². The number of benzene rings is 2. The highest BCUT2D eigenvalue weighted by atomic mass is 79.9. The smallest absolute Gasteiger partial charge is 0.188 e. The summed E-state index contributed by atoms with van der Waals surface area (Å²) >= 11 is 11.1. The summed E-state index contributed by atoms with van der Waals surface area (Å²) in [6.07, 6.45) is 0. The van der Waals surface area contributed by atoms with Crippen LogP contribution in [0.15, 0.2) is 40.9 Å². The van der Waals surface area contributed by atoms with Gasteiger partial charge >= 0.3 is 0 Å². The van der Waals surface area contributed by atoms with Crippen molar-refractivity contribution < 1.29 is 0 Å². The fourth-order valence-corrected chi connectivity index (χ4v) is 3.41. The van der Waals surface area contributed by atoms with Crippen molar-refractivity contribution >= 4 is 59.9 Å². The highest BCUT2D eigenvalue weighted by Gasteiger charge is 2.07. The molecule has 0 unspecified atom stereocenters. The Morgan fingerprint density at radius 2 is 2.10 bits per heavy atom. The molecule has 0 aliphatic heterocycles. The number of nitrogens with zero attached hydrogens (tertiary/aromatic N) is 2. The number of nitriles is 1. The standard InChI is InChI=1S/C14H7BrClN3S/c15-9-2-4-12-13(6-9)20-14(19-12)18-11-3-1-8(7-17)5-10(11)16/h1-6H,(H,18,19). The number of hydrogen-bond donors (Lipinski definition) is 1. The number of thiazole rings is 1. The van der Waals surface area contributed by atoms with Gasteiger partial charge in [-0.3, -0.25) is 0 Å². The minimum atomic E-state index is 0.504. The monoisotopic (exact) mass is 363 g/mol. The van der Waals surface area contributed by atoms with Crippen LogP contribution in [0.5, 0.6) is 0 Å². The quantitative estimate of drug-likeness (QED) is 0.669. The zero-order valence-electron chi connectivity index (χ0n) is 10.0.